The van der Waals surface area contributed by atoms with Crippen molar-refractivity contribution in [1.82, 2.24) is 14.9 Å². The molecule has 0 atom stereocenters. The number of aromatic nitrogens is 2. The predicted octanol–water partition coefficient (Wildman–Crippen LogP) is 3.82. The molecule has 1 aliphatic rings. The number of amides is 2. The lowest BCUT2D eigenvalue weighted by Gasteiger charge is -2.17. The molecule has 0 aliphatic carbocycles. The summed E-state index contributed by atoms with van der Waals surface area (Å²) in [5, 5.41) is 6.33. The Labute approximate surface area is 164 Å². The Morgan fingerprint density at radius 1 is 1.26 bits per heavy atom. The highest BCUT2D eigenvalue weighted by Gasteiger charge is 2.27. The molecule has 144 valence electrons. The number of nitrogens with one attached hydrogen (secondary N) is 2. The predicted molar refractivity (Wildman–Crippen MR) is 106 cm³/mol. The highest BCUT2D eigenvalue weighted by molar-refractivity contribution is 6.31. The third kappa shape index (κ3) is 4.33. The second-order valence-electron chi connectivity index (χ2n) is 7.36. The number of hydrogen-bond acceptors (Lipinski definition) is 3. The van der Waals surface area contributed by atoms with Gasteiger partial charge in [-0.15, -0.1) is 0 Å². The molecule has 6 nitrogen and oxygen atoms in total. The summed E-state index contributed by atoms with van der Waals surface area (Å²) in [5.41, 5.74) is 2.70. The van der Waals surface area contributed by atoms with Crippen molar-refractivity contribution < 1.29 is 9.59 Å². The minimum Gasteiger partial charge on any atom is -0.349 e. The number of halogens is 1. The lowest BCUT2D eigenvalue weighted by atomic mass is 10.1. The van der Waals surface area contributed by atoms with Gasteiger partial charge in [0.2, 0.25) is 0 Å². The summed E-state index contributed by atoms with van der Waals surface area (Å²) in [6, 6.07) is 5.37. The number of anilines is 1. The molecule has 2 amide bonds. The zero-order chi connectivity index (χ0) is 19.6. The van der Waals surface area contributed by atoms with Gasteiger partial charge < -0.3 is 15.2 Å². The first-order valence-corrected chi connectivity index (χ1v) is 9.69. The number of fused-ring (bicyclic) bond motifs is 1. The molecule has 0 radical (unpaired) electrons. The fourth-order valence-electron chi connectivity index (χ4n) is 3.13. The number of hydrogen-bond donors (Lipinski definition) is 2. The van der Waals surface area contributed by atoms with Crippen LogP contribution in [-0.2, 0) is 13.0 Å². The zero-order valence-corrected chi connectivity index (χ0v) is 16.7. The molecular weight excluding hydrogens is 364 g/mol. The molecule has 1 aromatic heterocycles. The largest absolute Gasteiger partial charge is 0.349 e. The number of carbonyl (C=O) groups is 2. The summed E-state index contributed by atoms with van der Waals surface area (Å²) in [5.74, 6) is 0.115. The maximum absolute atomic E-state index is 12.8. The third-order valence-corrected chi connectivity index (χ3v) is 5.04. The van der Waals surface area contributed by atoms with Gasteiger partial charge in [0.25, 0.3) is 11.8 Å². The van der Waals surface area contributed by atoms with Crippen molar-refractivity contribution in [3.05, 3.63) is 46.0 Å². The molecule has 27 heavy (non-hydrogen) atoms. The Morgan fingerprint density at radius 2 is 2.04 bits per heavy atom. The fraction of sp³-hybridized carbons (Fsp3) is 0.450. The van der Waals surface area contributed by atoms with Crippen molar-refractivity contribution in [3.63, 3.8) is 0 Å². The summed E-state index contributed by atoms with van der Waals surface area (Å²) in [7, 11) is 0. The van der Waals surface area contributed by atoms with Crippen LogP contribution in [0.4, 0.5) is 5.69 Å². The Hall–Kier alpha value is -2.34. The van der Waals surface area contributed by atoms with Crippen LogP contribution in [0.15, 0.2) is 18.2 Å². The van der Waals surface area contributed by atoms with Gasteiger partial charge in [-0.2, -0.15) is 0 Å². The van der Waals surface area contributed by atoms with Gasteiger partial charge in [0.15, 0.2) is 11.5 Å². The van der Waals surface area contributed by atoms with Crippen molar-refractivity contribution in [2.45, 2.75) is 46.6 Å². The summed E-state index contributed by atoms with van der Waals surface area (Å²) in [6.07, 6.45) is 2.69. The molecule has 0 spiro atoms. The van der Waals surface area contributed by atoms with Crippen LogP contribution in [0.3, 0.4) is 0 Å². The minimum absolute atomic E-state index is 0.232. The standard InChI is InChI=1S/C20H25ClN4O2/c1-12(2)11-22-20(27)18-24-17(16-6-4-5-9-25(16)18)19(26)23-14-8-7-13(3)15(21)10-14/h7-8,10,12H,4-6,9,11H2,1-3H3,(H,22,27)(H,23,26). The van der Waals surface area contributed by atoms with Crippen LogP contribution in [-0.4, -0.2) is 27.9 Å². The van der Waals surface area contributed by atoms with Crippen molar-refractivity contribution in [1.29, 1.82) is 0 Å². The van der Waals surface area contributed by atoms with Crippen molar-refractivity contribution in [2.75, 3.05) is 11.9 Å². The van der Waals surface area contributed by atoms with E-state index in [1.165, 1.54) is 0 Å². The monoisotopic (exact) mass is 388 g/mol. The number of nitrogens with zero attached hydrogens (tertiary/aromatic N) is 2. The number of aryl methyl sites for hydroxylation is 1. The van der Waals surface area contributed by atoms with Crippen LogP contribution in [0.2, 0.25) is 5.02 Å². The van der Waals surface area contributed by atoms with E-state index < -0.39 is 0 Å². The highest BCUT2D eigenvalue weighted by atomic mass is 35.5. The minimum atomic E-state index is -0.316. The topological polar surface area (TPSA) is 76.0 Å². The SMILES string of the molecule is Cc1ccc(NC(=O)c2nc(C(=O)NCC(C)C)n3c2CCCC3)cc1Cl. The zero-order valence-electron chi connectivity index (χ0n) is 15.9. The van der Waals surface area contributed by atoms with Gasteiger partial charge in [-0.1, -0.05) is 31.5 Å². The van der Waals surface area contributed by atoms with E-state index in [2.05, 4.69) is 15.6 Å². The molecule has 0 saturated heterocycles. The van der Waals surface area contributed by atoms with Gasteiger partial charge in [0.1, 0.15) is 0 Å². The Kier molecular flexibility index (Phi) is 5.85. The first-order chi connectivity index (χ1) is 12.9. The van der Waals surface area contributed by atoms with Crippen LogP contribution in [0.1, 0.15) is 59.1 Å². The van der Waals surface area contributed by atoms with E-state index in [0.717, 1.165) is 30.5 Å². The summed E-state index contributed by atoms with van der Waals surface area (Å²) >= 11 is 6.14. The lowest BCUT2D eigenvalue weighted by Crippen LogP contribution is -2.30. The smallest absolute Gasteiger partial charge is 0.287 e. The van der Waals surface area contributed by atoms with Gasteiger partial charge in [0.05, 0.1) is 5.69 Å². The van der Waals surface area contributed by atoms with Crippen molar-refractivity contribution >= 4 is 29.1 Å². The summed E-state index contributed by atoms with van der Waals surface area (Å²) in [6.45, 7) is 7.25. The van der Waals surface area contributed by atoms with Gasteiger partial charge in [-0.3, -0.25) is 9.59 Å². The fourth-order valence-corrected chi connectivity index (χ4v) is 3.32. The van der Waals surface area contributed by atoms with Crippen LogP contribution < -0.4 is 10.6 Å². The molecule has 0 fully saturated rings. The van der Waals surface area contributed by atoms with Crippen LogP contribution >= 0.6 is 11.6 Å². The first-order valence-electron chi connectivity index (χ1n) is 9.32. The Balaban J connectivity index is 1.87. The van der Waals surface area contributed by atoms with E-state index in [1.54, 1.807) is 12.1 Å². The van der Waals surface area contributed by atoms with Crippen molar-refractivity contribution in [3.8, 4) is 0 Å². The molecule has 1 aromatic carbocycles. The van der Waals surface area contributed by atoms with Gasteiger partial charge in [-0.25, -0.2) is 4.98 Å². The quantitative estimate of drug-likeness (QED) is 0.817. The van der Waals surface area contributed by atoms with E-state index in [9.17, 15) is 9.59 Å². The molecule has 3 rings (SSSR count). The second-order valence-corrected chi connectivity index (χ2v) is 7.77. The van der Waals surface area contributed by atoms with E-state index in [4.69, 9.17) is 11.6 Å². The Morgan fingerprint density at radius 3 is 2.74 bits per heavy atom. The van der Waals surface area contributed by atoms with E-state index >= 15 is 0 Å². The maximum atomic E-state index is 12.8. The summed E-state index contributed by atoms with van der Waals surface area (Å²) < 4.78 is 1.89. The normalized spacial score (nSPS) is 13.4. The van der Waals surface area contributed by atoms with E-state index in [0.29, 0.717) is 41.2 Å². The number of benzene rings is 1. The van der Waals surface area contributed by atoms with Gasteiger partial charge in [-0.05, 0) is 49.8 Å². The average molecular weight is 389 g/mol. The first kappa shape index (κ1) is 19.4. The molecule has 0 bridgehead atoms. The van der Waals surface area contributed by atoms with E-state index in [-0.39, 0.29) is 11.8 Å². The number of imidazole rings is 1. The number of rotatable bonds is 5. The van der Waals surface area contributed by atoms with Crippen LogP contribution in [0.25, 0.3) is 0 Å². The molecule has 0 unspecified atom stereocenters. The van der Waals surface area contributed by atoms with Crippen molar-refractivity contribution in [2.24, 2.45) is 5.92 Å². The molecule has 2 N–H and O–H groups in total. The molecule has 2 aromatic rings. The lowest BCUT2D eigenvalue weighted by molar-refractivity contribution is 0.0933. The second kappa shape index (κ2) is 8.13. The van der Waals surface area contributed by atoms with Gasteiger partial charge in [0, 0.05) is 23.8 Å². The number of carbonyl (C=O) groups excluding carboxylic acids is 2. The molecular formula is C20H25ClN4O2. The van der Waals surface area contributed by atoms with E-state index in [1.807, 2.05) is 31.4 Å². The molecule has 0 saturated carbocycles. The van der Waals surface area contributed by atoms with Crippen LogP contribution in [0.5, 0.6) is 0 Å². The van der Waals surface area contributed by atoms with Gasteiger partial charge >= 0.3 is 0 Å². The summed E-state index contributed by atoms with van der Waals surface area (Å²) in [4.78, 5) is 29.8. The highest BCUT2D eigenvalue weighted by Crippen LogP contribution is 2.24. The third-order valence-electron chi connectivity index (χ3n) is 4.64. The van der Waals surface area contributed by atoms with Crippen LogP contribution in [0, 0.1) is 12.8 Å². The Bertz CT molecular complexity index is 873. The molecule has 1 aliphatic heterocycles. The average Bonchev–Trinajstić information content (AvgIpc) is 3.02. The molecule has 7 heteroatoms. The molecule has 2 heterocycles. The maximum Gasteiger partial charge on any atom is 0.287 e.